The largest absolute Gasteiger partial charge is 0.494 e. The minimum absolute atomic E-state index is 0.242. The SMILES string of the molecule is CCOc1ccc(Cc2cc(C3OC(CO)C(C)C(O)C3OC(C)=O)ccc2Cl)cc1. The van der Waals surface area contributed by atoms with E-state index in [1.807, 2.05) is 37.3 Å². The van der Waals surface area contributed by atoms with Gasteiger partial charge in [-0.15, -0.1) is 0 Å². The predicted molar refractivity (Wildman–Crippen MR) is 117 cm³/mol. The zero-order valence-electron chi connectivity index (χ0n) is 18.0. The average molecular weight is 449 g/mol. The van der Waals surface area contributed by atoms with Gasteiger partial charge in [0.1, 0.15) is 11.9 Å². The second-order valence-electron chi connectivity index (χ2n) is 7.81. The molecule has 1 saturated heterocycles. The molecule has 1 heterocycles. The minimum atomic E-state index is -0.968. The van der Waals surface area contributed by atoms with Crippen molar-refractivity contribution in [2.45, 2.75) is 51.6 Å². The fourth-order valence-corrected chi connectivity index (χ4v) is 4.07. The van der Waals surface area contributed by atoms with Gasteiger partial charge in [-0.2, -0.15) is 0 Å². The normalized spacial score (nSPS) is 25.8. The highest BCUT2D eigenvalue weighted by molar-refractivity contribution is 6.31. The molecule has 0 spiro atoms. The summed E-state index contributed by atoms with van der Waals surface area (Å²) < 4.78 is 17.0. The fourth-order valence-electron chi connectivity index (χ4n) is 3.89. The summed E-state index contributed by atoms with van der Waals surface area (Å²) in [4.78, 5) is 11.7. The van der Waals surface area contributed by atoms with Crippen molar-refractivity contribution in [2.24, 2.45) is 5.92 Å². The molecule has 5 atom stereocenters. The van der Waals surface area contributed by atoms with E-state index >= 15 is 0 Å². The van der Waals surface area contributed by atoms with Crippen molar-refractivity contribution in [2.75, 3.05) is 13.2 Å². The van der Waals surface area contributed by atoms with Crippen molar-refractivity contribution >= 4 is 17.6 Å². The molecule has 0 aliphatic carbocycles. The van der Waals surface area contributed by atoms with Gasteiger partial charge in [-0.05, 0) is 48.2 Å². The summed E-state index contributed by atoms with van der Waals surface area (Å²) in [5.41, 5.74) is 2.66. The van der Waals surface area contributed by atoms with Gasteiger partial charge >= 0.3 is 5.97 Å². The summed E-state index contributed by atoms with van der Waals surface area (Å²) in [5.74, 6) is -0.0822. The summed E-state index contributed by atoms with van der Waals surface area (Å²) in [6.45, 7) is 5.36. The number of benzene rings is 2. The maximum absolute atomic E-state index is 11.7. The zero-order valence-corrected chi connectivity index (χ0v) is 18.7. The third kappa shape index (κ3) is 5.57. The Labute approximate surface area is 187 Å². The summed E-state index contributed by atoms with van der Waals surface area (Å²) in [7, 11) is 0. The van der Waals surface area contributed by atoms with E-state index in [0.717, 1.165) is 22.4 Å². The van der Waals surface area contributed by atoms with Gasteiger partial charge in [0.25, 0.3) is 0 Å². The Hall–Kier alpha value is -2.12. The first-order chi connectivity index (χ1) is 14.8. The van der Waals surface area contributed by atoms with Crippen LogP contribution in [0.4, 0.5) is 0 Å². The van der Waals surface area contributed by atoms with Crippen LogP contribution >= 0.6 is 11.6 Å². The number of ether oxygens (including phenoxy) is 3. The van der Waals surface area contributed by atoms with E-state index in [-0.39, 0.29) is 12.5 Å². The third-order valence-electron chi connectivity index (χ3n) is 5.59. The van der Waals surface area contributed by atoms with Gasteiger partial charge in [0.2, 0.25) is 0 Å². The van der Waals surface area contributed by atoms with Crippen molar-refractivity contribution in [1.82, 2.24) is 0 Å². The van der Waals surface area contributed by atoms with Gasteiger partial charge < -0.3 is 24.4 Å². The lowest BCUT2D eigenvalue weighted by atomic mass is 9.85. The molecule has 0 saturated carbocycles. The molecule has 0 amide bonds. The van der Waals surface area contributed by atoms with Gasteiger partial charge in [-0.1, -0.05) is 42.8 Å². The second-order valence-corrected chi connectivity index (χ2v) is 8.21. The Kier molecular flexibility index (Phi) is 7.94. The quantitative estimate of drug-likeness (QED) is 0.628. The lowest BCUT2D eigenvalue weighted by Crippen LogP contribution is -2.52. The van der Waals surface area contributed by atoms with Crippen LogP contribution in [0.25, 0.3) is 0 Å². The topological polar surface area (TPSA) is 85.2 Å². The molecule has 0 aromatic heterocycles. The van der Waals surface area contributed by atoms with Crippen LogP contribution in [0.2, 0.25) is 5.02 Å². The molecule has 1 fully saturated rings. The van der Waals surface area contributed by atoms with Crippen LogP contribution in [0.3, 0.4) is 0 Å². The monoisotopic (exact) mass is 448 g/mol. The molecule has 7 heteroatoms. The smallest absolute Gasteiger partial charge is 0.303 e. The molecule has 0 radical (unpaired) electrons. The number of esters is 1. The van der Waals surface area contributed by atoms with Crippen LogP contribution in [0.5, 0.6) is 5.75 Å². The van der Waals surface area contributed by atoms with Crippen molar-refractivity contribution in [1.29, 1.82) is 0 Å². The summed E-state index contributed by atoms with van der Waals surface area (Å²) in [5, 5.41) is 21.0. The lowest BCUT2D eigenvalue weighted by Gasteiger charge is -2.42. The van der Waals surface area contributed by atoms with E-state index in [9.17, 15) is 15.0 Å². The second kappa shape index (κ2) is 10.5. The number of aliphatic hydroxyl groups is 2. The Morgan fingerprint density at radius 2 is 1.90 bits per heavy atom. The number of hydrogen-bond acceptors (Lipinski definition) is 6. The highest BCUT2D eigenvalue weighted by Gasteiger charge is 2.45. The number of carbonyl (C=O) groups is 1. The Balaban J connectivity index is 1.89. The summed E-state index contributed by atoms with van der Waals surface area (Å²) in [6, 6.07) is 13.3. The Morgan fingerprint density at radius 1 is 1.19 bits per heavy atom. The van der Waals surface area contributed by atoms with Gasteiger partial charge in [0.15, 0.2) is 6.10 Å². The highest BCUT2D eigenvalue weighted by Crippen LogP contribution is 2.38. The van der Waals surface area contributed by atoms with Gasteiger partial charge in [-0.25, -0.2) is 0 Å². The van der Waals surface area contributed by atoms with E-state index in [2.05, 4.69) is 0 Å². The Bertz CT molecular complexity index is 884. The molecule has 5 unspecified atom stereocenters. The van der Waals surface area contributed by atoms with Crippen molar-refractivity contribution in [3.63, 3.8) is 0 Å². The van der Waals surface area contributed by atoms with Crippen LogP contribution in [-0.2, 0) is 20.7 Å². The lowest BCUT2D eigenvalue weighted by molar-refractivity contribution is -0.221. The minimum Gasteiger partial charge on any atom is -0.494 e. The first-order valence-electron chi connectivity index (χ1n) is 10.5. The van der Waals surface area contributed by atoms with Crippen LogP contribution in [0, 0.1) is 5.92 Å². The number of aliphatic hydroxyl groups excluding tert-OH is 2. The molecular formula is C24H29ClO6. The predicted octanol–water partition coefficient (Wildman–Crippen LogP) is 3.69. The van der Waals surface area contributed by atoms with E-state index in [0.29, 0.717) is 18.1 Å². The molecule has 168 valence electrons. The molecule has 2 aromatic carbocycles. The third-order valence-corrected chi connectivity index (χ3v) is 5.96. The molecule has 6 nitrogen and oxygen atoms in total. The molecule has 2 N–H and O–H groups in total. The highest BCUT2D eigenvalue weighted by atomic mass is 35.5. The van der Waals surface area contributed by atoms with Gasteiger partial charge in [0, 0.05) is 17.9 Å². The van der Waals surface area contributed by atoms with Gasteiger partial charge in [0.05, 0.1) is 25.4 Å². The van der Waals surface area contributed by atoms with E-state index in [1.54, 1.807) is 19.1 Å². The fraction of sp³-hybridized carbons (Fsp3) is 0.458. The van der Waals surface area contributed by atoms with Crippen molar-refractivity contribution < 1.29 is 29.2 Å². The molecular weight excluding hydrogens is 420 g/mol. The van der Waals surface area contributed by atoms with Crippen LogP contribution in [0.15, 0.2) is 42.5 Å². The number of halogens is 1. The van der Waals surface area contributed by atoms with E-state index < -0.39 is 30.4 Å². The van der Waals surface area contributed by atoms with E-state index in [1.165, 1.54) is 6.92 Å². The van der Waals surface area contributed by atoms with E-state index in [4.69, 9.17) is 25.8 Å². The molecule has 31 heavy (non-hydrogen) atoms. The number of rotatable bonds is 7. The summed E-state index contributed by atoms with van der Waals surface area (Å²) >= 11 is 6.45. The first-order valence-corrected chi connectivity index (χ1v) is 10.8. The standard InChI is InChI=1S/C24H29ClO6/c1-4-29-19-8-5-16(6-9-19)11-18-12-17(7-10-20(18)25)23-24(30-15(3)27)22(28)14(2)21(13-26)31-23/h5-10,12,14,21-24,26,28H,4,11,13H2,1-3H3. The zero-order chi connectivity index (χ0) is 22.5. The maximum Gasteiger partial charge on any atom is 0.303 e. The number of hydrogen-bond donors (Lipinski definition) is 2. The summed E-state index contributed by atoms with van der Waals surface area (Å²) in [6.07, 6.45) is -2.55. The van der Waals surface area contributed by atoms with Crippen LogP contribution < -0.4 is 4.74 Å². The first kappa shape index (κ1) is 23.5. The molecule has 2 aromatic rings. The van der Waals surface area contributed by atoms with Gasteiger partial charge in [-0.3, -0.25) is 4.79 Å². The van der Waals surface area contributed by atoms with Crippen LogP contribution in [0.1, 0.15) is 43.6 Å². The molecule has 1 aliphatic heterocycles. The Morgan fingerprint density at radius 3 is 2.52 bits per heavy atom. The average Bonchev–Trinajstić information content (AvgIpc) is 2.75. The molecule has 0 bridgehead atoms. The molecule has 1 aliphatic rings. The van der Waals surface area contributed by atoms with Crippen molar-refractivity contribution in [3.8, 4) is 5.75 Å². The molecule has 3 rings (SSSR count). The number of carbonyl (C=O) groups excluding carboxylic acids is 1. The maximum atomic E-state index is 11.7. The van der Waals surface area contributed by atoms with Crippen LogP contribution in [-0.4, -0.2) is 47.7 Å². The van der Waals surface area contributed by atoms with Crippen molar-refractivity contribution in [3.05, 3.63) is 64.2 Å².